The Morgan fingerprint density at radius 2 is 1.48 bits per heavy atom. The number of hydrogen-bond donors (Lipinski definition) is 0. The first-order valence-corrected chi connectivity index (χ1v) is 6.36. The third kappa shape index (κ3) is 4.21. The van der Waals surface area contributed by atoms with E-state index in [1.807, 2.05) is 0 Å². The fourth-order valence-corrected chi connectivity index (χ4v) is 1.61. The molecule has 1 atom stereocenters. The SMILES string of the molecule is COc1ccc(OC(=O)[C@@H](C)Oc2ccc(F)cc2)cc1. The summed E-state index contributed by atoms with van der Waals surface area (Å²) < 4.78 is 28.3. The van der Waals surface area contributed by atoms with E-state index in [0.717, 1.165) is 0 Å². The molecule has 5 heteroatoms. The summed E-state index contributed by atoms with van der Waals surface area (Å²) in [6.45, 7) is 1.56. The lowest BCUT2D eigenvalue weighted by molar-refractivity contribution is -0.141. The van der Waals surface area contributed by atoms with Crippen LogP contribution in [0.5, 0.6) is 17.2 Å². The van der Waals surface area contributed by atoms with Gasteiger partial charge >= 0.3 is 5.97 Å². The lowest BCUT2D eigenvalue weighted by Gasteiger charge is -2.13. The van der Waals surface area contributed by atoms with Crippen molar-refractivity contribution in [2.24, 2.45) is 0 Å². The second-order valence-corrected chi connectivity index (χ2v) is 4.31. The Kier molecular flexibility index (Phi) is 4.77. The molecular weight excluding hydrogens is 275 g/mol. The Labute approximate surface area is 122 Å². The molecule has 0 unspecified atom stereocenters. The van der Waals surface area contributed by atoms with Crippen molar-refractivity contribution in [1.29, 1.82) is 0 Å². The average molecular weight is 290 g/mol. The minimum absolute atomic E-state index is 0.365. The summed E-state index contributed by atoms with van der Waals surface area (Å²) in [4.78, 5) is 11.9. The van der Waals surface area contributed by atoms with Crippen molar-refractivity contribution >= 4 is 5.97 Å². The van der Waals surface area contributed by atoms with Gasteiger partial charge in [0.05, 0.1) is 7.11 Å². The second-order valence-electron chi connectivity index (χ2n) is 4.31. The molecule has 21 heavy (non-hydrogen) atoms. The van der Waals surface area contributed by atoms with Crippen LogP contribution in [0, 0.1) is 5.82 Å². The predicted octanol–water partition coefficient (Wildman–Crippen LogP) is 3.21. The number of benzene rings is 2. The molecule has 0 amide bonds. The molecule has 0 radical (unpaired) electrons. The molecule has 0 saturated heterocycles. The van der Waals surface area contributed by atoms with Crippen LogP contribution < -0.4 is 14.2 Å². The highest BCUT2D eigenvalue weighted by molar-refractivity contribution is 5.77. The fraction of sp³-hybridized carbons (Fsp3) is 0.188. The molecule has 0 bridgehead atoms. The summed E-state index contributed by atoms with van der Waals surface area (Å²) in [6.07, 6.45) is -0.808. The van der Waals surface area contributed by atoms with Crippen LogP contribution in [0.1, 0.15) is 6.92 Å². The Morgan fingerprint density at radius 3 is 2.05 bits per heavy atom. The first-order chi connectivity index (χ1) is 10.1. The van der Waals surface area contributed by atoms with Crippen molar-refractivity contribution in [2.45, 2.75) is 13.0 Å². The lowest BCUT2D eigenvalue weighted by Crippen LogP contribution is -2.28. The Morgan fingerprint density at radius 1 is 0.952 bits per heavy atom. The largest absolute Gasteiger partial charge is 0.497 e. The summed E-state index contributed by atoms with van der Waals surface area (Å²) in [6, 6.07) is 12.1. The molecule has 2 aromatic rings. The van der Waals surface area contributed by atoms with E-state index in [0.29, 0.717) is 17.2 Å². The fourth-order valence-electron chi connectivity index (χ4n) is 1.61. The Bertz CT molecular complexity index is 593. The van der Waals surface area contributed by atoms with E-state index >= 15 is 0 Å². The van der Waals surface area contributed by atoms with Crippen molar-refractivity contribution in [1.82, 2.24) is 0 Å². The van der Waals surface area contributed by atoms with Gasteiger partial charge in [-0.25, -0.2) is 9.18 Å². The normalized spacial score (nSPS) is 11.6. The van der Waals surface area contributed by atoms with Crippen molar-refractivity contribution in [2.75, 3.05) is 7.11 Å². The standard InChI is InChI=1S/C16H15FO4/c1-11(20-14-5-3-12(17)4-6-14)16(18)21-15-9-7-13(19-2)8-10-15/h3-11H,1-2H3/t11-/m1/s1. The van der Waals surface area contributed by atoms with Crippen LogP contribution in [0.3, 0.4) is 0 Å². The zero-order valence-corrected chi connectivity index (χ0v) is 11.7. The molecule has 0 spiro atoms. The summed E-state index contributed by atoms with van der Waals surface area (Å²) in [5.74, 6) is 0.566. The number of carbonyl (C=O) groups is 1. The van der Waals surface area contributed by atoms with E-state index in [-0.39, 0.29) is 5.82 Å². The molecule has 0 aliphatic heterocycles. The summed E-state index contributed by atoms with van der Waals surface area (Å²) in [5, 5.41) is 0. The summed E-state index contributed by atoms with van der Waals surface area (Å²) >= 11 is 0. The first kappa shape index (κ1) is 14.8. The highest BCUT2D eigenvalue weighted by atomic mass is 19.1. The summed E-state index contributed by atoms with van der Waals surface area (Å²) in [7, 11) is 1.56. The maximum atomic E-state index is 12.8. The quantitative estimate of drug-likeness (QED) is 0.626. The molecule has 0 heterocycles. The first-order valence-electron chi connectivity index (χ1n) is 6.36. The van der Waals surface area contributed by atoms with E-state index < -0.39 is 12.1 Å². The van der Waals surface area contributed by atoms with Crippen LogP contribution in [0.25, 0.3) is 0 Å². The van der Waals surface area contributed by atoms with Gasteiger partial charge in [0, 0.05) is 0 Å². The van der Waals surface area contributed by atoms with Crippen LogP contribution in [0.15, 0.2) is 48.5 Å². The Hall–Kier alpha value is -2.56. The van der Waals surface area contributed by atoms with Crippen molar-refractivity contribution in [3.05, 3.63) is 54.3 Å². The molecule has 0 aliphatic carbocycles. The van der Waals surface area contributed by atoms with E-state index in [1.165, 1.54) is 24.3 Å². The number of esters is 1. The monoisotopic (exact) mass is 290 g/mol. The number of hydrogen-bond acceptors (Lipinski definition) is 4. The lowest BCUT2D eigenvalue weighted by atomic mass is 10.3. The molecule has 110 valence electrons. The van der Waals surface area contributed by atoms with Crippen molar-refractivity contribution in [3.63, 3.8) is 0 Å². The van der Waals surface area contributed by atoms with Gasteiger partial charge in [-0.1, -0.05) is 0 Å². The molecule has 4 nitrogen and oxygen atoms in total. The number of halogens is 1. The van der Waals surface area contributed by atoms with E-state index in [4.69, 9.17) is 14.2 Å². The topological polar surface area (TPSA) is 44.8 Å². The highest BCUT2D eigenvalue weighted by Crippen LogP contribution is 2.18. The Balaban J connectivity index is 1.93. The number of ether oxygens (including phenoxy) is 3. The molecule has 0 fully saturated rings. The van der Waals surface area contributed by atoms with Gasteiger partial charge in [-0.3, -0.25) is 0 Å². The number of methoxy groups -OCH3 is 1. The van der Waals surface area contributed by atoms with Crippen molar-refractivity contribution < 1.29 is 23.4 Å². The van der Waals surface area contributed by atoms with Crippen LogP contribution >= 0.6 is 0 Å². The molecular formula is C16H15FO4. The predicted molar refractivity (Wildman–Crippen MR) is 75.1 cm³/mol. The maximum absolute atomic E-state index is 12.8. The zero-order chi connectivity index (χ0) is 15.2. The van der Waals surface area contributed by atoms with Crippen LogP contribution in [-0.2, 0) is 4.79 Å². The smallest absolute Gasteiger partial charge is 0.352 e. The molecule has 0 saturated carbocycles. The van der Waals surface area contributed by atoms with Gasteiger partial charge < -0.3 is 14.2 Å². The summed E-state index contributed by atoms with van der Waals surface area (Å²) in [5.41, 5.74) is 0. The van der Waals surface area contributed by atoms with Gasteiger partial charge in [-0.2, -0.15) is 0 Å². The van der Waals surface area contributed by atoms with Crippen molar-refractivity contribution in [3.8, 4) is 17.2 Å². The van der Waals surface area contributed by atoms with Crippen LogP contribution in [0.2, 0.25) is 0 Å². The highest BCUT2D eigenvalue weighted by Gasteiger charge is 2.17. The molecule has 2 rings (SSSR count). The molecule has 0 N–H and O–H groups in total. The van der Waals surface area contributed by atoms with E-state index in [1.54, 1.807) is 38.3 Å². The van der Waals surface area contributed by atoms with Gasteiger partial charge in [0.2, 0.25) is 0 Å². The number of rotatable bonds is 5. The zero-order valence-electron chi connectivity index (χ0n) is 11.7. The maximum Gasteiger partial charge on any atom is 0.352 e. The van der Waals surface area contributed by atoms with Gasteiger partial charge in [0.1, 0.15) is 23.1 Å². The minimum Gasteiger partial charge on any atom is -0.497 e. The average Bonchev–Trinajstić information content (AvgIpc) is 2.50. The van der Waals surface area contributed by atoms with Crippen LogP contribution in [-0.4, -0.2) is 19.2 Å². The van der Waals surface area contributed by atoms with Gasteiger partial charge in [-0.05, 0) is 55.5 Å². The third-order valence-corrected chi connectivity index (χ3v) is 2.74. The van der Waals surface area contributed by atoms with Gasteiger partial charge in [0.25, 0.3) is 0 Å². The molecule has 0 aromatic heterocycles. The minimum atomic E-state index is -0.808. The van der Waals surface area contributed by atoms with Gasteiger partial charge in [0.15, 0.2) is 6.10 Å². The van der Waals surface area contributed by atoms with Crippen LogP contribution in [0.4, 0.5) is 4.39 Å². The third-order valence-electron chi connectivity index (χ3n) is 2.74. The van der Waals surface area contributed by atoms with E-state index in [9.17, 15) is 9.18 Å². The number of carbonyl (C=O) groups excluding carboxylic acids is 1. The van der Waals surface area contributed by atoms with E-state index in [2.05, 4.69) is 0 Å². The molecule has 2 aromatic carbocycles. The molecule has 0 aliphatic rings. The second kappa shape index (κ2) is 6.74. The van der Waals surface area contributed by atoms with Gasteiger partial charge in [-0.15, -0.1) is 0 Å².